The van der Waals surface area contributed by atoms with E-state index in [1.807, 2.05) is 17.8 Å². The molecule has 0 bridgehead atoms. The Bertz CT molecular complexity index is 618. The molecule has 0 radical (unpaired) electrons. The van der Waals surface area contributed by atoms with Crippen molar-refractivity contribution in [3.05, 3.63) is 29.7 Å². The summed E-state index contributed by atoms with van der Waals surface area (Å²) in [5.41, 5.74) is 1.80. The van der Waals surface area contributed by atoms with Gasteiger partial charge in [0, 0.05) is 44.3 Å². The molecule has 1 fully saturated rings. The van der Waals surface area contributed by atoms with E-state index in [0.717, 1.165) is 55.7 Å². The molecule has 1 aliphatic rings. The molecule has 4 nitrogen and oxygen atoms in total. The molecular weight excluding hydrogens is 259 g/mol. The first kappa shape index (κ1) is 13.4. The second kappa shape index (κ2) is 5.42. The van der Waals surface area contributed by atoms with Crippen LogP contribution in [-0.4, -0.2) is 47.4 Å². The Balaban J connectivity index is 1.84. The van der Waals surface area contributed by atoms with E-state index in [1.165, 1.54) is 12.1 Å². The van der Waals surface area contributed by atoms with E-state index in [2.05, 4.69) is 4.90 Å². The first-order valence-electron chi connectivity index (χ1n) is 6.91. The first-order chi connectivity index (χ1) is 9.65. The molecule has 1 aromatic carbocycles. The highest BCUT2D eigenvalue weighted by Gasteiger charge is 2.15. The summed E-state index contributed by atoms with van der Waals surface area (Å²) >= 11 is 0. The summed E-state index contributed by atoms with van der Waals surface area (Å²) in [7, 11) is 1.87. The Morgan fingerprint density at radius 3 is 2.80 bits per heavy atom. The van der Waals surface area contributed by atoms with Gasteiger partial charge in [-0.3, -0.25) is 4.90 Å². The molecule has 20 heavy (non-hydrogen) atoms. The molecule has 5 heteroatoms. The van der Waals surface area contributed by atoms with Gasteiger partial charge < -0.3 is 14.4 Å². The number of hydrogen-bond donors (Lipinski definition) is 1. The highest BCUT2D eigenvalue weighted by atomic mass is 19.1. The molecule has 0 aliphatic carbocycles. The first-order valence-corrected chi connectivity index (χ1v) is 6.91. The van der Waals surface area contributed by atoms with Crippen molar-refractivity contribution in [2.45, 2.75) is 6.42 Å². The van der Waals surface area contributed by atoms with Gasteiger partial charge in [0.1, 0.15) is 11.6 Å². The summed E-state index contributed by atoms with van der Waals surface area (Å²) in [6.45, 7) is 4.40. The van der Waals surface area contributed by atoms with Crippen molar-refractivity contribution < 1.29 is 14.2 Å². The fraction of sp³-hybridized carbons (Fsp3) is 0.467. The van der Waals surface area contributed by atoms with Crippen LogP contribution in [0, 0.1) is 5.82 Å². The van der Waals surface area contributed by atoms with Crippen LogP contribution in [0.4, 0.5) is 4.39 Å². The number of halogens is 1. The molecular formula is C15H19FN2O2. The smallest absolute Gasteiger partial charge is 0.129 e. The maximum atomic E-state index is 13.4. The number of phenolic OH excluding ortho intramolecular Hbond substituents is 1. The summed E-state index contributed by atoms with van der Waals surface area (Å²) in [6.07, 6.45) is 2.82. The lowest BCUT2D eigenvalue weighted by atomic mass is 10.1. The molecule has 0 saturated carbocycles. The summed E-state index contributed by atoms with van der Waals surface area (Å²) in [4.78, 5) is 2.35. The van der Waals surface area contributed by atoms with Gasteiger partial charge in [-0.15, -0.1) is 0 Å². The summed E-state index contributed by atoms with van der Waals surface area (Å²) in [5.74, 6) is -0.381. The molecule has 1 N–H and O–H groups in total. The van der Waals surface area contributed by atoms with Gasteiger partial charge in [0.15, 0.2) is 0 Å². The van der Waals surface area contributed by atoms with Crippen molar-refractivity contribution in [3.8, 4) is 5.75 Å². The highest BCUT2D eigenvalue weighted by Crippen LogP contribution is 2.31. The van der Waals surface area contributed by atoms with Crippen molar-refractivity contribution >= 4 is 10.9 Å². The molecule has 1 aromatic heterocycles. The average Bonchev–Trinajstić information content (AvgIpc) is 2.75. The van der Waals surface area contributed by atoms with Crippen molar-refractivity contribution in [1.29, 1.82) is 0 Å². The second-order valence-corrected chi connectivity index (χ2v) is 5.29. The molecule has 3 rings (SSSR count). The molecule has 0 spiro atoms. The Morgan fingerprint density at radius 2 is 2.05 bits per heavy atom. The van der Waals surface area contributed by atoms with Gasteiger partial charge in [-0.25, -0.2) is 4.39 Å². The zero-order chi connectivity index (χ0) is 14.1. The van der Waals surface area contributed by atoms with Crippen molar-refractivity contribution in [2.75, 3.05) is 32.8 Å². The molecule has 2 aromatic rings. The third-order valence-corrected chi connectivity index (χ3v) is 3.91. The Hall–Kier alpha value is -1.59. The van der Waals surface area contributed by atoms with Crippen LogP contribution in [0.2, 0.25) is 0 Å². The van der Waals surface area contributed by atoms with Gasteiger partial charge in [0.05, 0.1) is 18.7 Å². The number of benzene rings is 1. The number of fused-ring (bicyclic) bond motifs is 1. The summed E-state index contributed by atoms with van der Waals surface area (Å²) in [5, 5.41) is 10.8. The topological polar surface area (TPSA) is 37.6 Å². The lowest BCUT2D eigenvalue weighted by Gasteiger charge is -2.26. The van der Waals surface area contributed by atoms with Gasteiger partial charge in [-0.1, -0.05) is 0 Å². The number of ether oxygens (including phenoxy) is 1. The lowest BCUT2D eigenvalue weighted by Crippen LogP contribution is -2.37. The molecule has 108 valence electrons. The number of rotatable bonds is 3. The van der Waals surface area contributed by atoms with E-state index in [1.54, 1.807) is 0 Å². The Kier molecular flexibility index (Phi) is 3.63. The van der Waals surface area contributed by atoms with Crippen LogP contribution in [0.1, 0.15) is 5.56 Å². The standard InChI is InChI=1S/C15H19FN2O2/c1-17-10-11(2-3-18-4-6-20-7-5-18)15-13(17)8-12(16)9-14(15)19/h8-10,19H,2-7H2,1H3. The largest absolute Gasteiger partial charge is 0.507 e. The van der Waals surface area contributed by atoms with E-state index in [-0.39, 0.29) is 5.75 Å². The zero-order valence-corrected chi connectivity index (χ0v) is 11.6. The third kappa shape index (κ3) is 2.51. The van der Waals surface area contributed by atoms with E-state index in [0.29, 0.717) is 0 Å². The Labute approximate surface area is 117 Å². The normalized spacial score (nSPS) is 16.9. The van der Waals surface area contributed by atoms with Crippen molar-refractivity contribution in [2.24, 2.45) is 7.05 Å². The van der Waals surface area contributed by atoms with Crippen molar-refractivity contribution in [1.82, 2.24) is 9.47 Å². The van der Waals surface area contributed by atoms with Gasteiger partial charge in [0.2, 0.25) is 0 Å². The second-order valence-electron chi connectivity index (χ2n) is 5.29. The highest BCUT2D eigenvalue weighted by molar-refractivity contribution is 5.89. The molecule has 0 amide bonds. The van der Waals surface area contributed by atoms with Crippen LogP contribution in [0.25, 0.3) is 10.9 Å². The monoisotopic (exact) mass is 278 g/mol. The van der Waals surface area contributed by atoms with E-state index >= 15 is 0 Å². The van der Waals surface area contributed by atoms with Crippen molar-refractivity contribution in [3.63, 3.8) is 0 Å². The molecule has 1 saturated heterocycles. The van der Waals surface area contributed by atoms with Gasteiger partial charge in [0.25, 0.3) is 0 Å². The summed E-state index contributed by atoms with van der Waals surface area (Å²) in [6, 6.07) is 2.65. The Morgan fingerprint density at radius 1 is 1.30 bits per heavy atom. The maximum Gasteiger partial charge on any atom is 0.129 e. The number of aromatic nitrogens is 1. The fourth-order valence-corrected chi connectivity index (χ4v) is 2.85. The lowest BCUT2D eigenvalue weighted by molar-refractivity contribution is 0.0385. The number of hydrogen-bond acceptors (Lipinski definition) is 3. The fourth-order valence-electron chi connectivity index (χ4n) is 2.85. The molecule has 2 heterocycles. The zero-order valence-electron chi connectivity index (χ0n) is 11.6. The predicted octanol–water partition coefficient (Wildman–Crippen LogP) is 1.90. The minimum absolute atomic E-state index is 0.0255. The van der Waals surface area contributed by atoms with E-state index in [4.69, 9.17) is 4.74 Å². The molecule has 0 atom stereocenters. The van der Waals surface area contributed by atoms with Gasteiger partial charge >= 0.3 is 0 Å². The predicted molar refractivity (Wildman–Crippen MR) is 75.5 cm³/mol. The third-order valence-electron chi connectivity index (χ3n) is 3.91. The molecule has 1 aliphatic heterocycles. The van der Waals surface area contributed by atoms with E-state index < -0.39 is 5.82 Å². The number of morpholine rings is 1. The van der Waals surface area contributed by atoms with E-state index in [9.17, 15) is 9.50 Å². The number of nitrogens with zero attached hydrogens (tertiary/aromatic N) is 2. The minimum Gasteiger partial charge on any atom is -0.507 e. The summed E-state index contributed by atoms with van der Waals surface area (Å²) < 4.78 is 20.6. The van der Waals surface area contributed by atoms with Crippen LogP contribution in [0.15, 0.2) is 18.3 Å². The maximum absolute atomic E-state index is 13.4. The molecule has 0 unspecified atom stereocenters. The minimum atomic E-state index is -0.407. The number of aryl methyl sites for hydroxylation is 1. The van der Waals surface area contributed by atoms with Crippen LogP contribution in [0.5, 0.6) is 5.75 Å². The quantitative estimate of drug-likeness (QED) is 0.932. The van der Waals surface area contributed by atoms with Crippen LogP contribution in [0.3, 0.4) is 0 Å². The van der Waals surface area contributed by atoms with Crippen LogP contribution < -0.4 is 0 Å². The van der Waals surface area contributed by atoms with Crippen LogP contribution in [-0.2, 0) is 18.2 Å². The van der Waals surface area contributed by atoms with Crippen LogP contribution >= 0.6 is 0 Å². The number of phenols is 1. The number of aromatic hydroxyl groups is 1. The van der Waals surface area contributed by atoms with Gasteiger partial charge in [-0.2, -0.15) is 0 Å². The van der Waals surface area contributed by atoms with Gasteiger partial charge in [-0.05, 0) is 18.1 Å². The SMILES string of the molecule is Cn1cc(CCN2CCOCC2)c2c(O)cc(F)cc21. The average molecular weight is 278 g/mol.